The van der Waals surface area contributed by atoms with E-state index in [-0.39, 0.29) is 0 Å². The predicted molar refractivity (Wildman–Crippen MR) is 113 cm³/mol. The highest BCUT2D eigenvalue weighted by Gasteiger charge is 2.12. The van der Waals surface area contributed by atoms with Crippen LogP contribution in [0.2, 0.25) is 0 Å². The molecule has 0 N–H and O–H groups in total. The number of allylic oxidation sites excluding steroid dienone is 7. The Bertz CT molecular complexity index is 821. The van der Waals surface area contributed by atoms with Gasteiger partial charge in [-0.1, -0.05) is 86.7 Å². The Morgan fingerprint density at radius 3 is 2.42 bits per heavy atom. The van der Waals surface area contributed by atoms with Crippen LogP contribution in [0.4, 0.5) is 0 Å². The summed E-state index contributed by atoms with van der Waals surface area (Å²) in [6.45, 7) is 12.3. The second kappa shape index (κ2) is 9.67. The largest absolute Gasteiger partial charge is 0.233 e. The molecule has 0 amide bonds. The Labute approximate surface area is 157 Å². The standard InChI is InChI=1S/C24H28N2/c1-6-7-9-14-21-17-23(22(19(4)5)16-15-18(2)3)26-24(25-21)20-12-10-8-11-13-20/h6-13,15-17,19H,1,14H2,2-5H3/b9-7-,22-16+. The highest BCUT2D eigenvalue weighted by Crippen LogP contribution is 2.25. The Hall–Kier alpha value is -2.74. The molecule has 0 saturated heterocycles. The lowest BCUT2D eigenvalue weighted by atomic mass is 9.97. The first-order chi connectivity index (χ1) is 12.5. The van der Waals surface area contributed by atoms with Gasteiger partial charge in [-0.25, -0.2) is 9.97 Å². The predicted octanol–water partition coefficient (Wildman–Crippen LogP) is 6.43. The first-order valence-electron chi connectivity index (χ1n) is 9.07. The fraction of sp³-hybridized carbons (Fsp3) is 0.250. The van der Waals surface area contributed by atoms with E-state index in [4.69, 9.17) is 9.97 Å². The van der Waals surface area contributed by atoms with Crippen LogP contribution in [0.5, 0.6) is 0 Å². The van der Waals surface area contributed by atoms with Crippen LogP contribution < -0.4 is 0 Å². The Balaban J connectivity index is 2.57. The molecule has 0 bridgehead atoms. The molecule has 0 aliphatic heterocycles. The third-order valence-corrected chi connectivity index (χ3v) is 3.92. The lowest BCUT2D eigenvalue weighted by Gasteiger charge is -2.13. The highest BCUT2D eigenvalue weighted by molar-refractivity contribution is 5.68. The van der Waals surface area contributed by atoms with Crippen LogP contribution in [0, 0.1) is 5.92 Å². The monoisotopic (exact) mass is 344 g/mol. The maximum absolute atomic E-state index is 4.88. The molecule has 1 aromatic heterocycles. The molecule has 1 aromatic carbocycles. The van der Waals surface area contributed by atoms with Gasteiger partial charge in [0.1, 0.15) is 0 Å². The Morgan fingerprint density at radius 2 is 1.81 bits per heavy atom. The van der Waals surface area contributed by atoms with Crippen molar-refractivity contribution in [3.63, 3.8) is 0 Å². The minimum absolute atomic E-state index is 0.376. The molecule has 0 unspecified atom stereocenters. The van der Waals surface area contributed by atoms with E-state index >= 15 is 0 Å². The maximum Gasteiger partial charge on any atom is 0.160 e. The van der Waals surface area contributed by atoms with Gasteiger partial charge in [-0.3, -0.25) is 0 Å². The molecule has 0 aliphatic rings. The van der Waals surface area contributed by atoms with E-state index in [1.54, 1.807) is 6.08 Å². The minimum Gasteiger partial charge on any atom is -0.233 e. The van der Waals surface area contributed by atoms with Gasteiger partial charge < -0.3 is 0 Å². The van der Waals surface area contributed by atoms with Crippen molar-refractivity contribution in [2.75, 3.05) is 0 Å². The molecule has 0 atom stereocenters. The summed E-state index contributed by atoms with van der Waals surface area (Å²) in [6.07, 6.45) is 10.9. The minimum atomic E-state index is 0.376. The summed E-state index contributed by atoms with van der Waals surface area (Å²) >= 11 is 0. The van der Waals surface area contributed by atoms with Crippen LogP contribution >= 0.6 is 0 Å². The van der Waals surface area contributed by atoms with E-state index < -0.39 is 0 Å². The molecule has 1 heterocycles. The van der Waals surface area contributed by atoms with Crippen molar-refractivity contribution in [1.29, 1.82) is 0 Å². The summed E-state index contributed by atoms with van der Waals surface area (Å²) in [5.74, 6) is 1.15. The summed E-state index contributed by atoms with van der Waals surface area (Å²) in [6, 6.07) is 12.3. The van der Waals surface area contributed by atoms with Gasteiger partial charge in [0.2, 0.25) is 0 Å². The van der Waals surface area contributed by atoms with Gasteiger partial charge in [0, 0.05) is 17.7 Å². The van der Waals surface area contributed by atoms with E-state index in [0.29, 0.717) is 5.92 Å². The second-order valence-electron chi connectivity index (χ2n) is 6.82. The summed E-state index contributed by atoms with van der Waals surface area (Å²) in [5, 5.41) is 0. The van der Waals surface area contributed by atoms with Crippen molar-refractivity contribution in [3.05, 3.63) is 90.3 Å². The van der Waals surface area contributed by atoms with E-state index in [9.17, 15) is 0 Å². The van der Waals surface area contributed by atoms with Gasteiger partial charge in [0.15, 0.2) is 5.82 Å². The van der Waals surface area contributed by atoms with Gasteiger partial charge >= 0.3 is 0 Å². The van der Waals surface area contributed by atoms with Crippen molar-refractivity contribution in [1.82, 2.24) is 9.97 Å². The molecule has 0 fully saturated rings. The molecule has 2 aromatic rings. The number of aromatic nitrogens is 2. The molecule has 0 spiro atoms. The number of benzene rings is 1. The van der Waals surface area contributed by atoms with Crippen molar-refractivity contribution in [2.45, 2.75) is 34.1 Å². The van der Waals surface area contributed by atoms with Gasteiger partial charge in [-0.2, -0.15) is 0 Å². The quantitative estimate of drug-likeness (QED) is 0.541. The topological polar surface area (TPSA) is 25.8 Å². The average molecular weight is 345 g/mol. The maximum atomic E-state index is 4.88. The van der Waals surface area contributed by atoms with Gasteiger partial charge in [-0.15, -0.1) is 0 Å². The number of hydrogen-bond acceptors (Lipinski definition) is 2. The summed E-state index contributed by atoms with van der Waals surface area (Å²) in [5.41, 5.74) is 5.53. The van der Waals surface area contributed by atoms with Gasteiger partial charge in [0.25, 0.3) is 0 Å². The van der Waals surface area contributed by atoms with Crippen LogP contribution in [0.3, 0.4) is 0 Å². The van der Waals surface area contributed by atoms with E-state index in [0.717, 1.165) is 29.2 Å². The molecular formula is C24H28N2. The molecule has 134 valence electrons. The van der Waals surface area contributed by atoms with Crippen molar-refractivity contribution in [2.24, 2.45) is 5.92 Å². The summed E-state index contributed by atoms with van der Waals surface area (Å²) in [4.78, 5) is 9.65. The molecule has 0 radical (unpaired) electrons. The second-order valence-corrected chi connectivity index (χ2v) is 6.82. The summed E-state index contributed by atoms with van der Waals surface area (Å²) < 4.78 is 0. The molecule has 0 aliphatic carbocycles. The fourth-order valence-corrected chi connectivity index (χ4v) is 2.58. The van der Waals surface area contributed by atoms with Gasteiger partial charge in [0.05, 0.1) is 5.69 Å². The molecule has 26 heavy (non-hydrogen) atoms. The van der Waals surface area contributed by atoms with Crippen molar-refractivity contribution >= 4 is 5.57 Å². The SMILES string of the molecule is C=C/C=C\Cc1cc(/C(=C/C=C(C)C)C(C)C)nc(-c2ccccc2)n1. The van der Waals surface area contributed by atoms with Crippen LogP contribution in [-0.4, -0.2) is 9.97 Å². The van der Waals surface area contributed by atoms with Crippen molar-refractivity contribution in [3.8, 4) is 11.4 Å². The summed E-state index contributed by atoms with van der Waals surface area (Å²) in [7, 11) is 0. The van der Waals surface area contributed by atoms with Crippen LogP contribution in [-0.2, 0) is 6.42 Å². The van der Waals surface area contributed by atoms with E-state index in [1.165, 1.54) is 11.1 Å². The Morgan fingerprint density at radius 1 is 1.08 bits per heavy atom. The third-order valence-electron chi connectivity index (χ3n) is 3.92. The number of rotatable bonds is 7. The van der Waals surface area contributed by atoms with Crippen LogP contribution in [0.1, 0.15) is 39.1 Å². The first kappa shape index (κ1) is 19.6. The molecular weight excluding hydrogens is 316 g/mol. The molecule has 2 rings (SSSR count). The lowest BCUT2D eigenvalue weighted by Crippen LogP contribution is -2.03. The Kier molecular flexibility index (Phi) is 7.28. The average Bonchev–Trinajstić information content (AvgIpc) is 2.62. The first-order valence-corrected chi connectivity index (χ1v) is 9.07. The smallest absolute Gasteiger partial charge is 0.160 e. The fourth-order valence-electron chi connectivity index (χ4n) is 2.58. The van der Waals surface area contributed by atoms with Crippen molar-refractivity contribution < 1.29 is 0 Å². The van der Waals surface area contributed by atoms with Crippen LogP contribution in [0.25, 0.3) is 17.0 Å². The van der Waals surface area contributed by atoms with E-state index in [2.05, 4.69) is 70.7 Å². The normalized spacial score (nSPS) is 11.8. The molecule has 2 nitrogen and oxygen atoms in total. The number of hydrogen-bond donors (Lipinski definition) is 0. The van der Waals surface area contributed by atoms with E-state index in [1.807, 2.05) is 24.3 Å². The van der Waals surface area contributed by atoms with Crippen LogP contribution in [0.15, 0.2) is 78.9 Å². The van der Waals surface area contributed by atoms with Gasteiger partial charge in [-0.05, 0) is 31.4 Å². The zero-order valence-corrected chi connectivity index (χ0v) is 16.2. The highest BCUT2D eigenvalue weighted by atomic mass is 14.9. The zero-order valence-electron chi connectivity index (χ0n) is 16.2. The molecule has 2 heteroatoms. The number of nitrogens with zero attached hydrogens (tertiary/aromatic N) is 2. The molecule has 0 saturated carbocycles. The lowest BCUT2D eigenvalue weighted by molar-refractivity contribution is 0.845. The third kappa shape index (κ3) is 5.66. The zero-order chi connectivity index (χ0) is 18.9.